The SMILES string of the molecule is COc1ccc(C2=NN(CCCCOc3ccc(C4=NNC(=O)CC4)c(F)c3F)C(=O)C2(C)C)c2[nH]c(C(F)(F)F)nc12. The number of aromatic nitrogens is 2. The topological polar surface area (TPSA) is 121 Å². The average Bonchev–Trinajstić information content (AvgIpc) is 3.51. The van der Waals surface area contributed by atoms with Crippen LogP contribution in [0.3, 0.4) is 0 Å². The number of halogens is 5. The maximum absolute atomic E-state index is 14.6. The Morgan fingerprint density at radius 3 is 2.40 bits per heavy atom. The summed E-state index contributed by atoms with van der Waals surface area (Å²) in [4.78, 5) is 30.4. The van der Waals surface area contributed by atoms with Crippen molar-refractivity contribution in [2.75, 3.05) is 20.3 Å². The van der Waals surface area contributed by atoms with E-state index >= 15 is 0 Å². The quantitative estimate of drug-likeness (QED) is 0.265. The molecule has 43 heavy (non-hydrogen) atoms. The predicted octanol–water partition coefficient (Wildman–Crippen LogP) is 4.91. The van der Waals surface area contributed by atoms with Crippen LogP contribution in [0, 0.1) is 17.0 Å². The van der Waals surface area contributed by atoms with E-state index in [2.05, 4.69) is 25.6 Å². The Bertz CT molecular complexity index is 1660. The smallest absolute Gasteiger partial charge is 0.449 e. The number of carbonyl (C=O) groups excluding carboxylic acids is 2. The third-order valence-electron chi connectivity index (χ3n) is 7.22. The van der Waals surface area contributed by atoms with Gasteiger partial charge in [-0.1, -0.05) is 0 Å². The first-order valence-corrected chi connectivity index (χ1v) is 13.3. The highest BCUT2D eigenvalue weighted by molar-refractivity contribution is 6.23. The molecule has 3 aromatic rings. The fourth-order valence-corrected chi connectivity index (χ4v) is 4.90. The molecule has 2 aliphatic rings. The zero-order valence-electron chi connectivity index (χ0n) is 23.4. The third kappa shape index (κ3) is 5.62. The minimum atomic E-state index is -4.72. The van der Waals surface area contributed by atoms with Crippen LogP contribution in [-0.4, -0.2) is 58.5 Å². The van der Waals surface area contributed by atoms with Gasteiger partial charge in [0, 0.05) is 30.5 Å². The van der Waals surface area contributed by atoms with E-state index in [-0.39, 0.29) is 82.9 Å². The number of alkyl halides is 3. The number of nitrogens with one attached hydrogen (secondary N) is 2. The van der Waals surface area contributed by atoms with E-state index in [4.69, 9.17) is 9.47 Å². The van der Waals surface area contributed by atoms with E-state index in [1.54, 1.807) is 13.8 Å². The van der Waals surface area contributed by atoms with Gasteiger partial charge in [-0.05, 0) is 51.0 Å². The van der Waals surface area contributed by atoms with Gasteiger partial charge in [0.15, 0.2) is 11.6 Å². The number of hydrogen-bond donors (Lipinski definition) is 2. The van der Waals surface area contributed by atoms with Gasteiger partial charge < -0.3 is 14.5 Å². The van der Waals surface area contributed by atoms with Crippen molar-refractivity contribution in [3.63, 3.8) is 0 Å². The van der Waals surface area contributed by atoms with Gasteiger partial charge >= 0.3 is 6.18 Å². The minimum absolute atomic E-state index is 0.0160. The first-order valence-electron chi connectivity index (χ1n) is 13.3. The summed E-state index contributed by atoms with van der Waals surface area (Å²) in [5, 5.41) is 9.48. The molecule has 0 spiro atoms. The highest BCUT2D eigenvalue weighted by Gasteiger charge is 2.45. The number of nitrogens with zero attached hydrogens (tertiary/aromatic N) is 4. The van der Waals surface area contributed by atoms with E-state index in [0.717, 1.165) is 0 Å². The predicted molar refractivity (Wildman–Crippen MR) is 145 cm³/mol. The number of rotatable bonds is 9. The summed E-state index contributed by atoms with van der Waals surface area (Å²) >= 11 is 0. The number of benzene rings is 2. The van der Waals surface area contributed by atoms with Gasteiger partial charge in [-0.3, -0.25) is 9.59 Å². The molecule has 0 radical (unpaired) electrons. The van der Waals surface area contributed by atoms with Crippen molar-refractivity contribution in [3.05, 3.63) is 52.9 Å². The van der Waals surface area contributed by atoms with Crippen LogP contribution in [0.2, 0.25) is 0 Å². The van der Waals surface area contributed by atoms with Crippen molar-refractivity contribution in [1.82, 2.24) is 20.4 Å². The van der Waals surface area contributed by atoms with Gasteiger partial charge in [0.2, 0.25) is 17.5 Å². The number of hydrazone groups is 2. The lowest BCUT2D eigenvalue weighted by atomic mass is 9.83. The third-order valence-corrected chi connectivity index (χ3v) is 7.22. The molecule has 2 N–H and O–H groups in total. The molecule has 0 unspecified atom stereocenters. The molecule has 3 heterocycles. The molecule has 1 aromatic heterocycles. The molecule has 228 valence electrons. The number of aromatic amines is 1. The molecule has 2 aromatic carbocycles. The molecular weight excluding hydrogens is 579 g/mol. The van der Waals surface area contributed by atoms with E-state index in [0.29, 0.717) is 12.8 Å². The summed E-state index contributed by atoms with van der Waals surface area (Å²) in [5.41, 5.74) is 1.80. The lowest BCUT2D eigenvalue weighted by Crippen LogP contribution is -2.35. The number of ether oxygens (including phenoxy) is 2. The van der Waals surface area contributed by atoms with Crippen LogP contribution in [-0.2, 0) is 15.8 Å². The fourth-order valence-electron chi connectivity index (χ4n) is 4.90. The average molecular weight is 607 g/mol. The van der Waals surface area contributed by atoms with Crippen molar-refractivity contribution in [3.8, 4) is 11.5 Å². The number of methoxy groups -OCH3 is 1. The molecule has 0 saturated heterocycles. The highest BCUT2D eigenvalue weighted by atomic mass is 19.4. The van der Waals surface area contributed by atoms with Crippen molar-refractivity contribution < 1.29 is 41.0 Å². The van der Waals surface area contributed by atoms with Gasteiger partial charge in [0.25, 0.3) is 5.91 Å². The molecule has 0 aliphatic carbocycles. The second kappa shape index (κ2) is 11.3. The molecule has 0 atom stereocenters. The summed E-state index contributed by atoms with van der Waals surface area (Å²) in [6, 6.07) is 5.61. The molecular formula is C28H27F5N6O4. The van der Waals surface area contributed by atoms with Crippen molar-refractivity contribution in [2.24, 2.45) is 15.6 Å². The van der Waals surface area contributed by atoms with Crippen molar-refractivity contribution in [1.29, 1.82) is 0 Å². The molecule has 2 amide bonds. The van der Waals surface area contributed by atoms with Gasteiger partial charge in [0.1, 0.15) is 11.3 Å². The molecule has 0 bridgehead atoms. The summed E-state index contributed by atoms with van der Waals surface area (Å²) in [6.07, 6.45) is -3.68. The lowest BCUT2D eigenvalue weighted by molar-refractivity contribution is -0.144. The van der Waals surface area contributed by atoms with Crippen LogP contribution >= 0.6 is 0 Å². The zero-order chi connectivity index (χ0) is 31.1. The number of hydrogen-bond acceptors (Lipinski definition) is 7. The molecule has 5 rings (SSSR count). The van der Waals surface area contributed by atoms with Crippen LogP contribution in [0.25, 0.3) is 11.0 Å². The van der Waals surface area contributed by atoms with Crippen LogP contribution < -0.4 is 14.9 Å². The van der Waals surface area contributed by atoms with Crippen LogP contribution in [0.15, 0.2) is 34.5 Å². The van der Waals surface area contributed by atoms with Crippen LogP contribution in [0.1, 0.15) is 56.5 Å². The van der Waals surface area contributed by atoms with Crippen molar-refractivity contribution in [2.45, 2.75) is 45.7 Å². The molecule has 0 fully saturated rings. The Morgan fingerprint density at radius 1 is 1.00 bits per heavy atom. The Labute approximate surface area is 241 Å². The van der Waals surface area contributed by atoms with E-state index in [1.807, 2.05) is 0 Å². The molecule has 10 nitrogen and oxygen atoms in total. The van der Waals surface area contributed by atoms with E-state index in [9.17, 15) is 31.5 Å². The maximum atomic E-state index is 14.6. The summed E-state index contributed by atoms with van der Waals surface area (Å²) in [7, 11) is 1.32. The zero-order valence-corrected chi connectivity index (χ0v) is 23.4. The Kier molecular flexibility index (Phi) is 7.84. The first-order chi connectivity index (χ1) is 20.3. The number of amides is 2. The standard InChI is InChI=1S/C28H27F5N6O4/c1-27(2)24(15-7-10-18(42-3)23-22(15)34-25(35-23)28(31,32)33)38-39(26(27)41)12-4-5-13-43-17-9-6-14(20(29)21(17)30)16-8-11-19(40)37-36-16/h6-7,9-10H,4-5,8,11-13H2,1-3H3,(H,34,35)(H,37,40). The number of imidazole rings is 1. The largest absolute Gasteiger partial charge is 0.494 e. The fraction of sp³-hybridized carbons (Fsp3) is 0.393. The second-order valence-electron chi connectivity index (χ2n) is 10.5. The number of unbranched alkanes of at least 4 members (excludes halogenated alkanes) is 1. The first kappa shape index (κ1) is 29.9. The summed E-state index contributed by atoms with van der Waals surface area (Å²) in [6.45, 7) is 3.43. The minimum Gasteiger partial charge on any atom is -0.494 e. The monoisotopic (exact) mass is 606 g/mol. The lowest BCUT2D eigenvalue weighted by Gasteiger charge is -2.20. The summed E-state index contributed by atoms with van der Waals surface area (Å²) < 4.78 is 80.1. The van der Waals surface area contributed by atoms with Crippen LogP contribution in [0.4, 0.5) is 22.0 Å². The second-order valence-corrected chi connectivity index (χ2v) is 10.5. The normalized spacial score (nSPS) is 16.8. The van der Waals surface area contributed by atoms with Gasteiger partial charge in [0.05, 0.1) is 36.1 Å². The summed E-state index contributed by atoms with van der Waals surface area (Å²) in [5.74, 6) is -4.33. The van der Waals surface area contributed by atoms with E-state index < -0.39 is 29.1 Å². The number of carbonyl (C=O) groups is 2. The highest BCUT2D eigenvalue weighted by Crippen LogP contribution is 2.38. The van der Waals surface area contributed by atoms with Gasteiger partial charge in [-0.15, -0.1) is 0 Å². The molecule has 0 saturated carbocycles. The Balaban J connectivity index is 1.25. The number of H-pyrrole nitrogens is 1. The Morgan fingerprint density at radius 2 is 1.72 bits per heavy atom. The Hall–Kier alpha value is -4.56. The molecule has 2 aliphatic heterocycles. The van der Waals surface area contributed by atoms with Crippen LogP contribution in [0.5, 0.6) is 11.5 Å². The number of fused-ring (bicyclic) bond motifs is 1. The van der Waals surface area contributed by atoms with E-state index in [1.165, 1.54) is 36.4 Å². The molecule has 15 heteroatoms. The van der Waals surface area contributed by atoms with Crippen molar-refractivity contribution >= 4 is 34.3 Å². The van der Waals surface area contributed by atoms with Gasteiger partial charge in [-0.25, -0.2) is 19.8 Å². The maximum Gasteiger partial charge on any atom is 0.449 e. The van der Waals surface area contributed by atoms with Gasteiger partial charge in [-0.2, -0.15) is 27.8 Å².